The van der Waals surface area contributed by atoms with E-state index in [0.717, 1.165) is 15.4 Å². The lowest BCUT2D eigenvalue weighted by Gasteiger charge is -2.37. The number of nitrogens with one attached hydrogen (secondary N) is 2. The van der Waals surface area contributed by atoms with Crippen molar-refractivity contribution in [2.45, 2.75) is 50.6 Å². The number of benzene rings is 1. The van der Waals surface area contributed by atoms with Crippen molar-refractivity contribution in [3.63, 3.8) is 0 Å². The summed E-state index contributed by atoms with van der Waals surface area (Å²) in [6.45, 7) is 1.19. The number of hydrogen-bond acceptors (Lipinski definition) is 2. The minimum absolute atomic E-state index is 0.590. The second-order valence-corrected chi connectivity index (χ2v) is 7.29. The molecule has 2 N–H and O–H groups in total. The van der Waals surface area contributed by atoms with Crippen LogP contribution in [-0.2, 0) is 0 Å². The molecule has 3 rings (SSSR count). The van der Waals surface area contributed by atoms with Crippen LogP contribution in [0.2, 0.25) is 5.02 Å². The Morgan fingerprint density at radius 2 is 2.00 bits per heavy atom. The van der Waals surface area contributed by atoms with E-state index in [1.165, 1.54) is 50.8 Å². The standard InChI is InChI=1S/C16H22BrClN2/c17-13-10-11(7-8-14(13)18)20-16-5-2-1-4-12(16)15-6-3-9-19-15/h7-8,10,12,15-16,19-20H,1-6,9H2. The molecule has 1 heterocycles. The number of halogens is 2. The molecule has 3 atom stereocenters. The lowest BCUT2D eigenvalue weighted by molar-refractivity contribution is 0.263. The normalized spacial score (nSPS) is 30.4. The fourth-order valence-electron chi connectivity index (χ4n) is 3.70. The quantitative estimate of drug-likeness (QED) is 0.810. The van der Waals surface area contributed by atoms with Gasteiger partial charge in [0, 0.05) is 22.2 Å². The van der Waals surface area contributed by atoms with Crippen molar-refractivity contribution in [3.8, 4) is 0 Å². The Hall–Kier alpha value is -0.250. The van der Waals surface area contributed by atoms with Gasteiger partial charge in [-0.3, -0.25) is 0 Å². The van der Waals surface area contributed by atoms with Gasteiger partial charge in [0.25, 0.3) is 0 Å². The molecule has 2 nitrogen and oxygen atoms in total. The third-order valence-electron chi connectivity index (χ3n) is 4.71. The molecule has 110 valence electrons. The first-order valence-corrected chi connectivity index (χ1v) is 8.86. The van der Waals surface area contributed by atoms with Gasteiger partial charge in [0.15, 0.2) is 0 Å². The van der Waals surface area contributed by atoms with E-state index in [1.807, 2.05) is 6.07 Å². The molecule has 1 aromatic rings. The third kappa shape index (κ3) is 3.32. The van der Waals surface area contributed by atoms with Crippen molar-refractivity contribution in [1.29, 1.82) is 0 Å². The first kappa shape index (κ1) is 14.7. The molecule has 3 unspecified atom stereocenters. The molecule has 1 aliphatic heterocycles. The Labute approximate surface area is 134 Å². The number of rotatable bonds is 3. The highest BCUT2D eigenvalue weighted by atomic mass is 79.9. The van der Waals surface area contributed by atoms with E-state index < -0.39 is 0 Å². The van der Waals surface area contributed by atoms with Gasteiger partial charge in [-0.1, -0.05) is 24.4 Å². The lowest BCUT2D eigenvalue weighted by atomic mass is 9.79. The van der Waals surface area contributed by atoms with Crippen molar-refractivity contribution in [3.05, 3.63) is 27.7 Å². The molecule has 20 heavy (non-hydrogen) atoms. The van der Waals surface area contributed by atoms with Crippen molar-refractivity contribution in [2.75, 3.05) is 11.9 Å². The van der Waals surface area contributed by atoms with Crippen LogP contribution in [0.3, 0.4) is 0 Å². The van der Waals surface area contributed by atoms with Crippen LogP contribution < -0.4 is 10.6 Å². The highest BCUT2D eigenvalue weighted by molar-refractivity contribution is 9.10. The summed E-state index contributed by atoms with van der Waals surface area (Å²) in [5.74, 6) is 0.765. The van der Waals surface area contributed by atoms with Gasteiger partial charge in [-0.25, -0.2) is 0 Å². The largest absolute Gasteiger partial charge is 0.382 e. The molecule has 4 heteroatoms. The van der Waals surface area contributed by atoms with E-state index >= 15 is 0 Å². The first-order chi connectivity index (χ1) is 9.74. The topological polar surface area (TPSA) is 24.1 Å². The van der Waals surface area contributed by atoms with Gasteiger partial charge in [-0.05, 0) is 72.3 Å². The molecule has 2 aliphatic rings. The SMILES string of the molecule is Clc1ccc(NC2CCCCC2C2CCCN2)cc1Br. The zero-order valence-electron chi connectivity index (χ0n) is 11.7. The maximum atomic E-state index is 6.07. The van der Waals surface area contributed by atoms with E-state index in [1.54, 1.807) is 0 Å². The molecule has 0 bridgehead atoms. The van der Waals surface area contributed by atoms with Crippen LogP contribution in [0.4, 0.5) is 5.69 Å². The van der Waals surface area contributed by atoms with E-state index in [0.29, 0.717) is 12.1 Å². The van der Waals surface area contributed by atoms with Crippen molar-refractivity contribution in [2.24, 2.45) is 5.92 Å². The summed E-state index contributed by atoms with van der Waals surface area (Å²) in [6.07, 6.45) is 8.03. The molecule has 2 fully saturated rings. The minimum atomic E-state index is 0.590. The molecular formula is C16H22BrClN2. The summed E-state index contributed by atoms with van der Waals surface area (Å²) in [7, 11) is 0. The summed E-state index contributed by atoms with van der Waals surface area (Å²) in [4.78, 5) is 0. The molecule has 0 aromatic heterocycles. The Kier molecular flexibility index (Phi) is 4.90. The van der Waals surface area contributed by atoms with Crippen LogP contribution in [0, 0.1) is 5.92 Å². The molecular weight excluding hydrogens is 336 g/mol. The zero-order valence-corrected chi connectivity index (χ0v) is 14.0. The van der Waals surface area contributed by atoms with E-state index in [4.69, 9.17) is 11.6 Å². The molecule has 1 aromatic carbocycles. The Morgan fingerprint density at radius 1 is 1.15 bits per heavy atom. The first-order valence-electron chi connectivity index (χ1n) is 7.69. The Bertz CT molecular complexity index is 460. The monoisotopic (exact) mass is 356 g/mol. The van der Waals surface area contributed by atoms with Gasteiger partial charge >= 0.3 is 0 Å². The smallest absolute Gasteiger partial charge is 0.0549 e. The van der Waals surface area contributed by atoms with Crippen LogP contribution in [0.5, 0.6) is 0 Å². The van der Waals surface area contributed by atoms with E-state index in [2.05, 4.69) is 38.7 Å². The van der Waals surface area contributed by atoms with Crippen LogP contribution in [0.15, 0.2) is 22.7 Å². The van der Waals surface area contributed by atoms with Gasteiger partial charge < -0.3 is 10.6 Å². The minimum Gasteiger partial charge on any atom is -0.382 e. The van der Waals surface area contributed by atoms with Crippen molar-refractivity contribution >= 4 is 33.2 Å². The highest BCUT2D eigenvalue weighted by Gasteiger charge is 2.33. The summed E-state index contributed by atoms with van der Waals surface area (Å²) < 4.78 is 0.968. The average Bonchev–Trinajstić information content (AvgIpc) is 2.97. The van der Waals surface area contributed by atoms with E-state index in [9.17, 15) is 0 Å². The van der Waals surface area contributed by atoms with Gasteiger partial charge in [0.1, 0.15) is 0 Å². The Morgan fingerprint density at radius 3 is 2.75 bits per heavy atom. The Balaban J connectivity index is 1.71. The lowest BCUT2D eigenvalue weighted by Crippen LogP contribution is -2.43. The molecule has 1 saturated carbocycles. The molecule has 1 saturated heterocycles. The van der Waals surface area contributed by atoms with Gasteiger partial charge in [0.05, 0.1) is 5.02 Å². The van der Waals surface area contributed by atoms with Crippen LogP contribution in [-0.4, -0.2) is 18.6 Å². The third-order valence-corrected chi connectivity index (χ3v) is 5.92. The van der Waals surface area contributed by atoms with Gasteiger partial charge in [0.2, 0.25) is 0 Å². The van der Waals surface area contributed by atoms with Crippen molar-refractivity contribution < 1.29 is 0 Å². The summed E-state index contributed by atoms with van der Waals surface area (Å²) in [5, 5.41) is 8.21. The summed E-state index contributed by atoms with van der Waals surface area (Å²) in [6, 6.07) is 7.44. The molecule has 0 radical (unpaired) electrons. The highest BCUT2D eigenvalue weighted by Crippen LogP contribution is 2.33. The molecule has 0 spiro atoms. The predicted molar refractivity (Wildman–Crippen MR) is 89.5 cm³/mol. The maximum Gasteiger partial charge on any atom is 0.0549 e. The molecule has 1 aliphatic carbocycles. The van der Waals surface area contributed by atoms with Crippen LogP contribution in [0.1, 0.15) is 38.5 Å². The predicted octanol–water partition coefficient (Wildman–Crippen LogP) is 4.83. The number of hydrogen-bond donors (Lipinski definition) is 2. The van der Waals surface area contributed by atoms with Crippen LogP contribution >= 0.6 is 27.5 Å². The maximum absolute atomic E-state index is 6.07. The molecule has 0 amide bonds. The van der Waals surface area contributed by atoms with Crippen molar-refractivity contribution in [1.82, 2.24) is 5.32 Å². The fraction of sp³-hybridized carbons (Fsp3) is 0.625. The van der Waals surface area contributed by atoms with Crippen LogP contribution in [0.25, 0.3) is 0 Å². The van der Waals surface area contributed by atoms with E-state index in [-0.39, 0.29) is 0 Å². The average molecular weight is 358 g/mol. The summed E-state index contributed by atoms with van der Waals surface area (Å²) >= 11 is 9.58. The zero-order chi connectivity index (χ0) is 13.9. The number of anilines is 1. The van der Waals surface area contributed by atoms with Gasteiger partial charge in [-0.15, -0.1) is 0 Å². The second-order valence-electron chi connectivity index (χ2n) is 6.03. The second kappa shape index (κ2) is 6.67. The summed E-state index contributed by atoms with van der Waals surface area (Å²) in [5.41, 5.74) is 1.18. The van der Waals surface area contributed by atoms with Gasteiger partial charge in [-0.2, -0.15) is 0 Å². The fourth-order valence-corrected chi connectivity index (χ4v) is 4.19.